The Morgan fingerprint density at radius 1 is 1.41 bits per heavy atom. The molecule has 0 aliphatic heterocycles. The number of nitrogens with one attached hydrogen (secondary N) is 2. The number of H-pyrrole nitrogens is 1. The molecule has 4 nitrogen and oxygen atoms in total. The normalized spacial score (nSPS) is 10.5. The molecule has 2 rings (SSSR count). The van der Waals surface area contributed by atoms with Crippen molar-refractivity contribution in [3.63, 3.8) is 0 Å². The van der Waals surface area contributed by atoms with Crippen molar-refractivity contribution in [3.05, 3.63) is 46.5 Å². The first kappa shape index (κ1) is 12.1. The number of ether oxygens (including phenoxy) is 1. The highest BCUT2D eigenvalue weighted by Crippen LogP contribution is 2.22. The molecule has 0 unspecified atom stereocenters. The van der Waals surface area contributed by atoms with E-state index in [0.29, 0.717) is 0 Å². The third-order valence-electron chi connectivity index (χ3n) is 2.42. The molecule has 0 aliphatic carbocycles. The molecule has 5 heteroatoms. The number of imidazole rings is 1. The van der Waals surface area contributed by atoms with Gasteiger partial charge >= 0.3 is 0 Å². The monoisotopic (exact) mass is 295 g/mol. The summed E-state index contributed by atoms with van der Waals surface area (Å²) < 4.78 is 6.27. The summed E-state index contributed by atoms with van der Waals surface area (Å²) in [5.74, 6) is 1.80. The first-order valence-electron chi connectivity index (χ1n) is 5.31. The third kappa shape index (κ3) is 3.31. The Bertz CT molecular complexity index is 471. The highest BCUT2D eigenvalue weighted by atomic mass is 79.9. The van der Waals surface area contributed by atoms with E-state index in [9.17, 15) is 0 Å². The molecule has 90 valence electrons. The van der Waals surface area contributed by atoms with Gasteiger partial charge < -0.3 is 15.0 Å². The van der Waals surface area contributed by atoms with E-state index in [2.05, 4.69) is 31.2 Å². The third-order valence-corrected chi connectivity index (χ3v) is 3.19. The molecule has 0 bridgehead atoms. The Balaban J connectivity index is 1.94. The summed E-state index contributed by atoms with van der Waals surface area (Å²) >= 11 is 3.52. The fourth-order valence-electron chi connectivity index (χ4n) is 1.52. The van der Waals surface area contributed by atoms with Crippen molar-refractivity contribution in [2.24, 2.45) is 0 Å². The maximum Gasteiger partial charge on any atom is 0.120 e. The van der Waals surface area contributed by atoms with E-state index < -0.39 is 0 Å². The number of hydrogen-bond acceptors (Lipinski definition) is 3. The molecule has 0 saturated heterocycles. The molecule has 17 heavy (non-hydrogen) atoms. The van der Waals surface area contributed by atoms with Gasteiger partial charge in [-0.2, -0.15) is 0 Å². The van der Waals surface area contributed by atoms with Crippen LogP contribution in [0, 0.1) is 0 Å². The molecule has 1 aromatic heterocycles. The second kappa shape index (κ2) is 5.84. The first-order chi connectivity index (χ1) is 8.29. The van der Waals surface area contributed by atoms with Crippen LogP contribution in [0.5, 0.6) is 5.75 Å². The molecular weight excluding hydrogens is 282 g/mol. The van der Waals surface area contributed by atoms with Crippen LogP contribution in [0.2, 0.25) is 0 Å². The predicted octanol–water partition coefficient (Wildman–Crippen LogP) is 2.47. The Morgan fingerprint density at radius 2 is 2.29 bits per heavy atom. The Labute approximate surface area is 109 Å². The van der Waals surface area contributed by atoms with Gasteiger partial charge in [-0.3, -0.25) is 0 Å². The van der Waals surface area contributed by atoms with Gasteiger partial charge in [0.15, 0.2) is 0 Å². The largest absolute Gasteiger partial charge is 0.497 e. The molecule has 0 fully saturated rings. The lowest BCUT2D eigenvalue weighted by Crippen LogP contribution is -2.14. The number of rotatable bonds is 5. The molecule has 0 saturated carbocycles. The molecule has 1 heterocycles. The quantitative estimate of drug-likeness (QED) is 0.891. The summed E-state index contributed by atoms with van der Waals surface area (Å²) in [6, 6.07) is 5.93. The van der Waals surface area contributed by atoms with Crippen LogP contribution in [0.25, 0.3) is 0 Å². The predicted molar refractivity (Wildman–Crippen MR) is 69.8 cm³/mol. The summed E-state index contributed by atoms with van der Waals surface area (Å²) in [6.07, 6.45) is 3.57. The van der Waals surface area contributed by atoms with Crippen molar-refractivity contribution in [1.29, 1.82) is 0 Å². The SMILES string of the molecule is COc1ccc(Br)c(CNCc2ncc[nH]2)c1. The van der Waals surface area contributed by atoms with Gasteiger partial charge in [0.05, 0.1) is 13.7 Å². The number of halogens is 1. The van der Waals surface area contributed by atoms with Crippen molar-refractivity contribution in [2.45, 2.75) is 13.1 Å². The minimum absolute atomic E-state index is 0.719. The minimum atomic E-state index is 0.719. The highest BCUT2D eigenvalue weighted by molar-refractivity contribution is 9.10. The van der Waals surface area contributed by atoms with Gasteiger partial charge in [-0.25, -0.2) is 4.98 Å². The second-order valence-corrected chi connectivity index (χ2v) is 4.45. The van der Waals surface area contributed by atoms with E-state index in [4.69, 9.17) is 4.74 Å². The van der Waals surface area contributed by atoms with Gasteiger partial charge in [-0.15, -0.1) is 0 Å². The molecule has 1 aromatic carbocycles. The van der Waals surface area contributed by atoms with Crippen molar-refractivity contribution in [2.75, 3.05) is 7.11 Å². The maximum absolute atomic E-state index is 5.19. The van der Waals surface area contributed by atoms with Gasteiger partial charge in [0, 0.05) is 23.4 Å². The molecule has 2 aromatic rings. The van der Waals surface area contributed by atoms with Crippen LogP contribution >= 0.6 is 15.9 Å². The Morgan fingerprint density at radius 3 is 3.00 bits per heavy atom. The minimum Gasteiger partial charge on any atom is -0.497 e. The van der Waals surface area contributed by atoms with Gasteiger partial charge in [-0.1, -0.05) is 15.9 Å². The zero-order chi connectivity index (χ0) is 12.1. The van der Waals surface area contributed by atoms with Gasteiger partial charge in [0.2, 0.25) is 0 Å². The highest BCUT2D eigenvalue weighted by Gasteiger charge is 2.02. The van der Waals surface area contributed by atoms with Gasteiger partial charge in [0.1, 0.15) is 11.6 Å². The van der Waals surface area contributed by atoms with Crippen molar-refractivity contribution in [1.82, 2.24) is 15.3 Å². The van der Waals surface area contributed by atoms with Crippen LogP contribution in [-0.2, 0) is 13.1 Å². The number of methoxy groups -OCH3 is 1. The molecule has 0 aliphatic rings. The molecule has 0 amide bonds. The average Bonchev–Trinajstić information content (AvgIpc) is 2.84. The van der Waals surface area contributed by atoms with Crippen molar-refractivity contribution < 1.29 is 4.74 Å². The number of hydrogen-bond donors (Lipinski definition) is 2. The summed E-state index contributed by atoms with van der Waals surface area (Å²) in [6.45, 7) is 1.48. The van der Waals surface area contributed by atoms with Crippen molar-refractivity contribution >= 4 is 15.9 Å². The fraction of sp³-hybridized carbons (Fsp3) is 0.250. The average molecular weight is 296 g/mol. The summed E-state index contributed by atoms with van der Waals surface area (Å²) in [5.41, 5.74) is 1.16. The molecule has 0 radical (unpaired) electrons. The van der Waals surface area contributed by atoms with Crippen LogP contribution in [0.3, 0.4) is 0 Å². The van der Waals surface area contributed by atoms with E-state index >= 15 is 0 Å². The van der Waals surface area contributed by atoms with Crippen LogP contribution in [0.1, 0.15) is 11.4 Å². The molecule has 0 atom stereocenters. The zero-order valence-corrected chi connectivity index (χ0v) is 11.1. The second-order valence-electron chi connectivity index (χ2n) is 3.60. The van der Waals surface area contributed by atoms with Crippen LogP contribution in [0.15, 0.2) is 35.1 Å². The van der Waals surface area contributed by atoms with Gasteiger partial charge in [0.25, 0.3) is 0 Å². The Hall–Kier alpha value is -1.33. The smallest absolute Gasteiger partial charge is 0.120 e. The Kier molecular flexibility index (Phi) is 4.17. The van der Waals surface area contributed by atoms with Crippen LogP contribution in [0.4, 0.5) is 0 Å². The van der Waals surface area contributed by atoms with E-state index in [1.807, 2.05) is 24.4 Å². The lowest BCUT2D eigenvalue weighted by atomic mass is 10.2. The number of aromatic amines is 1. The number of aromatic nitrogens is 2. The van der Waals surface area contributed by atoms with Crippen molar-refractivity contribution in [3.8, 4) is 5.75 Å². The lowest BCUT2D eigenvalue weighted by molar-refractivity contribution is 0.414. The van der Waals surface area contributed by atoms with E-state index in [0.717, 1.165) is 34.7 Å². The molecule has 2 N–H and O–H groups in total. The standard InChI is InChI=1S/C12H14BrN3O/c1-17-10-2-3-11(13)9(6-10)7-14-8-12-15-4-5-16-12/h2-6,14H,7-8H2,1H3,(H,15,16). The topological polar surface area (TPSA) is 49.9 Å². The number of nitrogens with zero attached hydrogens (tertiary/aromatic N) is 1. The van der Waals surface area contributed by atoms with E-state index in [-0.39, 0.29) is 0 Å². The molecular formula is C12H14BrN3O. The maximum atomic E-state index is 5.19. The summed E-state index contributed by atoms with van der Waals surface area (Å²) in [7, 11) is 1.67. The number of benzene rings is 1. The molecule has 0 spiro atoms. The van der Waals surface area contributed by atoms with Crippen LogP contribution < -0.4 is 10.1 Å². The van der Waals surface area contributed by atoms with Crippen LogP contribution in [-0.4, -0.2) is 17.1 Å². The lowest BCUT2D eigenvalue weighted by Gasteiger charge is -2.08. The summed E-state index contributed by atoms with van der Waals surface area (Å²) in [5, 5.41) is 3.32. The van der Waals surface area contributed by atoms with E-state index in [1.54, 1.807) is 13.3 Å². The fourth-order valence-corrected chi connectivity index (χ4v) is 1.91. The zero-order valence-electron chi connectivity index (χ0n) is 9.53. The summed E-state index contributed by atoms with van der Waals surface area (Å²) in [4.78, 5) is 7.20. The van der Waals surface area contributed by atoms with Gasteiger partial charge in [-0.05, 0) is 23.8 Å². The van der Waals surface area contributed by atoms with E-state index in [1.165, 1.54) is 0 Å². The first-order valence-corrected chi connectivity index (χ1v) is 6.10.